The molecule has 1 aromatic rings. The van der Waals surface area contributed by atoms with Crippen molar-refractivity contribution in [3.05, 3.63) is 29.3 Å². The van der Waals surface area contributed by atoms with Crippen molar-refractivity contribution in [2.45, 2.75) is 25.3 Å². The molecule has 0 aliphatic carbocycles. The van der Waals surface area contributed by atoms with Crippen LogP contribution in [-0.4, -0.2) is 39.5 Å². The topological polar surface area (TPSA) is 72.6 Å². The highest BCUT2D eigenvalue weighted by molar-refractivity contribution is 7.89. The molecule has 0 aliphatic rings. The Kier molecular flexibility index (Phi) is 5.93. The molecule has 0 aromatic heterocycles. The third-order valence-electron chi connectivity index (χ3n) is 3.13. The van der Waals surface area contributed by atoms with Gasteiger partial charge in [0, 0.05) is 26.7 Å². The number of sulfonamides is 1. The van der Waals surface area contributed by atoms with Gasteiger partial charge in [0.1, 0.15) is 0 Å². The largest absolute Gasteiger partial charge is 0.383 e. The van der Waals surface area contributed by atoms with Crippen LogP contribution in [0.15, 0.2) is 23.1 Å². The van der Waals surface area contributed by atoms with Crippen molar-refractivity contribution in [1.82, 2.24) is 4.31 Å². The van der Waals surface area contributed by atoms with Crippen LogP contribution in [0.5, 0.6) is 0 Å². The fourth-order valence-corrected chi connectivity index (χ4v) is 3.64. The number of methoxy groups -OCH3 is 1. The summed E-state index contributed by atoms with van der Waals surface area (Å²) in [5.74, 6) is 0. The first-order valence-electron chi connectivity index (χ1n) is 6.26. The first-order valence-corrected chi connectivity index (χ1v) is 7.70. The van der Waals surface area contributed by atoms with E-state index in [0.29, 0.717) is 31.1 Å². The summed E-state index contributed by atoms with van der Waals surface area (Å²) in [5, 5.41) is 0. The highest BCUT2D eigenvalue weighted by atomic mass is 32.2. The maximum Gasteiger partial charge on any atom is 0.243 e. The van der Waals surface area contributed by atoms with Crippen LogP contribution in [0.3, 0.4) is 0 Å². The summed E-state index contributed by atoms with van der Waals surface area (Å²) in [6, 6.07) is 5.20. The number of benzene rings is 1. The molecule has 0 bridgehead atoms. The van der Waals surface area contributed by atoms with Gasteiger partial charge in [-0.15, -0.1) is 0 Å². The lowest BCUT2D eigenvalue weighted by Gasteiger charge is -2.21. The van der Waals surface area contributed by atoms with Gasteiger partial charge in [0.15, 0.2) is 0 Å². The van der Waals surface area contributed by atoms with E-state index in [0.717, 1.165) is 11.1 Å². The zero-order chi connectivity index (χ0) is 14.5. The second kappa shape index (κ2) is 7.00. The molecule has 1 rings (SSSR count). The molecule has 2 N–H and O–H groups in total. The molecule has 108 valence electrons. The Morgan fingerprint density at radius 1 is 1.37 bits per heavy atom. The van der Waals surface area contributed by atoms with Gasteiger partial charge in [0.05, 0.1) is 11.5 Å². The molecule has 0 unspecified atom stereocenters. The molecule has 0 aliphatic heterocycles. The average molecular weight is 286 g/mol. The fourth-order valence-electron chi connectivity index (χ4n) is 1.94. The van der Waals surface area contributed by atoms with E-state index >= 15 is 0 Å². The quantitative estimate of drug-likeness (QED) is 0.815. The van der Waals surface area contributed by atoms with Crippen LogP contribution >= 0.6 is 0 Å². The molecule has 1 aromatic carbocycles. The second-order valence-corrected chi connectivity index (χ2v) is 6.14. The van der Waals surface area contributed by atoms with Gasteiger partial charge in [0.25, 0.3) is 0 Å². The summed E-state index contributed by atoms with van der Waals surface area (Å²) in [5.41, 5.74) is 7.20. The summed E-state index contributed by atoms with van der Waals surface area (Å²) in [6.45, 7) is 5.08. The number of rotatable bonds is 7. The minimum atomic E-state index is -3.49. The maximum atomic E-state index is 12.6. The smallest absolute Gasteiger partial charge is 0.243 e. The minimum absolute atomic E-state index is 0.327. The zero-order valence-electron chi connectivity index (χ0n) is 11.7. The van der Waals surface area contributed by atoms with E-state index in [2.05, 4.69) is 0 Å². The van der Waals surface area contributed by atoms with E-state index in [4.69, 9.17) is 10.5 Å². The molecule has 0 saturated carbocycles. The van der Waals surface area contributed by atoms with Crippen LogP contribution in [-0.2, 0) is 21.3 Å². The third kappa shape index (κ3) is 3.54. The first kappa shape index (κ1) is 16.1. The summed E-state index contributed by atoms with van der Waals surface area (Å²) in [6.07, 6.45) is 0. The van der Waals surface area contributed by atoms with Crippen LogP contribution in [0.25, 0.3) is 0 Å². The first-order chi connectivity index (χ1) is 8.98. The molecule has 0 atom stereocenters. The van der Waals surface area contributed by atoms with Gasteiger partial charge in [-0.05, 0) is 24.1 Å². The van der Waals surface area contributed by atoms with Gasteiger partial charge < -0.3 is 10.5 Å². The van der Waals surface area contributed by atoms with E-state index in [1.54, 1.807) is 26.2 Å². The van der Waals surface area contributed by atoms with Crippen molar-refractivity contribution in [1.29, 1.82) is 0 Å². The number of nitrogens with two attached hydrogens (primary N) is 1. The Balaban J connectivity index is 3.18. The lowest BCUT2D eigenvalue weighted by atomic mass is 10.1. The Labute approximate surface area is 115 Å². The van der Waals surface area contributed by atoms with Gasteiger partial charge >= 0.3 is 0 Å². The molecule has 0 spiro atoms. The SMILES string of the molecule is CCN(CCOC)S(=O)(=O)c1cccc(CN)c1C. The normalized spacial score (nSPS) is 12.1. The Hall–Kier alpha value is -0.950. The predicted molar refractivity (Wildman–Crippen MR) is 75.4 cm³/mol. The van der Waals surface area contributed by atoms with Gasteiger partial charge in [0.2, 0.25) is 10.0 Å². The van der Waals surface area contributed by atoms with Crippen LogP contribution in [0.2, 0.25) is 0 Å². The monoisotopic (exact) mass is 286 g/mol. The Morgan fingerprint density at radius 2 is 2.05 bits per heavy atom. The Morgan fingerprint density at radius 3 is 2.58 bits per heavy atom. The predicted octanol–water partition coefficient (Wildman–Crippen LogP) is 1.11. The van der Waals surface area contributed by atoms with Crippen molar-refractivity contribution < 1.29 is 13.2 Å². The molecular formula is C13H22N2O3S. The summed E-state index contributed by atoms with van der Waals surface area (Å²) < 4.78 is 31.5. The van der Waals surface area contributed by atoms with Crippen LogP contribution in [0, 0.1) is 6.92 Å². The van der Waals surface area contributed by atoms with Crippen LogP contribution in [0.1, 0.15) is 18.1 Å². The number of nitrogens with zero attached hydrogens (tertiary/aromatic N) is 1. The van der Waals surface area contributed by atoms with Gasteiger partial charge in [-0.3, -0.25) is 0 Å². The van der Waals surface area contributed by atoms with E-state index in [1.807, 2.05) is 13.0 Å². The maximum absolute atomic E-state index is 12.6. The van der Waals surface area contributed by atoms with Crippen molar-refractivity contribution in [3.8, 4) is 0 Å². The van der Waals surface area contributed by atoms with Crippen molar-refractivity contribution in [2.75, 3.05) is 26.8 Å². The molecule has 0 heterocycles. The van der Waals surface area contributed by atoms with Crippen LogP contribution in [0.4, 0.5) is 0 Å². The van der Waals surface area contributed by atoms with Gasteiger partial charge in [-0.2, -0.15) is 4.31 Å². The average Bonchev–Trinajstić information content (AvgIpc) is 2.39. The number of ether oxygens (including phenoxy) is 1. The minimum Gasteiger partial charge on any atom is -0.383 e. The van der Waals surface area contributed by atoms with Gasteiger partial charge in [-0.1, -0.05) is 19.1 Å². The number of likely N-dealkylation sites (N-methyl/N-ethyl adjacent to an activating group) is 1. The van der Waals surface area contributed by atoms with E-state index in [1.165, 1.54) is 4.31 Å². The summed E-state index contributed by atoms with van der Waals surface area (Å²) in [4.78, 5) is 0.327. The second-order valence-electron chi connectivity index (χ2n) is 4.23. The molecule has 0 fully saturated rings. The Bertz CT molecular complexity index is 515. The van der Waals surface area contributed by atoms with E-state index < -0.39 is 10.0 Å². The molecule has 0 amide bonds. The lowest BCUT2D eigenvalue weighted by molar-refractivity contribution is 0.180. The van der Waals surface area contributed by atoms with Crippen molar-refractivity contribution in [3.63, 3.8) is 0 Å². The van der Waals surface area contributed by atoms with Gasteiger partial charge in [-0.25, -0.2) is 8.42 Å². The zero-order valence-corrected chi connectivity index (χ0v) is 12.5. The molecular weight excluding hydrogens is 264 g/mol. The molecule has 0 radical (unpaired) electrons. The molecule has 0 saturated heterocycles. The highest BCUT2D eigenvalue weighted by Crippen LogP contribution is 2.22. The molecule has 19 heavy (non-hydrogen) atoms. The highest BCUT2D eigenvalue weighted by Gasteiger charge is 2.25. The van der Waals surface area contributed by atoms with Crippen molar-refractivity contribution in [2.24, 2.45) is 5.73 Å². The van der Waals surface area contributed by atoms with Crippen LogP contribution < -0.4 is 5.73 Å². The number of hydrogen-bond donors (Lipinski definition) is 1. The summed E-state index contributed by atoms with van der Waals surface area (Å²) in [7, 11) is -1.93. The number of hydrogen-bond acceptors (Lipinski definition) is 4. The molecule has 5 nitrogen and oxygen atoms in total. The van der Waals surface area contributed by atoms with E-state index in [-0.39, 0.29) is 0 Å². The molecule has 6 heteroatoms. The van der Waals surface area contributed by atoms with E-state index in [9.17, 15) is 8.42 Å². The third-order valence-corrected chi connectivity index (χ3v) is 5.25. The van der Waals surface area contributed by atoms with Crippen molar-refractivity contribution >= 4 is 10.0 Å². The summed E-state index contributed by atoms with van der Waals surface area (Å²) >= 11 is 0. The lowest BCUT2D eigenvalue weighted by Crippen LogP contribution is -2.34. The fraction of sp³-hybridized carbons (Fsp3) is 0.538. The standard InChI is InChI=1S/C13H22N2O3S/c1-4-15(8-9-18-3)19(16,17)13-7-5-6-12(10-14)11(13)2/h5-7H,4,8-10,14H2,1-3H3.